The molecule has 0 bridgehead atoms. The van der Waals surface area contributed by atoms with Gasteiger partial charge in [-0.15, -0.1) is 0 Å². The monoisotopic (exact) mass is 415 g/mol. The zero-order chi connectivity index (χ0) is 21.3. The normalized spacial score (nSPS) is 21.8. The lowest BCUT2D eigenvalue weighted by Crippen LogP contribution is -2.42. The molecule has 0 spiro atoms. The van der Waals surface area contributed by atoms with Crippen molar-refractivity contribution in [1.29, 1.82) is 0 Å². The van der Waals surface area contributed by atoms with E-state index in [4.69, 9.17) is 0 Å². The highest BCUT2D eigenvalue weighted by molar-refractivity contribution is 5.91. The van der Waals surface area contributed by atoms with Crippen LogP contribution in [0.2, 0.25) is 0 Å². The number of aromatic nitrogens is 2. The van der Waals surface area contributed by atoms with E-state index in [0.29, 0.717) is 24.0 Å². The van der Waals surface area contributed by atoms with Crippen LogP contribution in [0.25, 0.3) is 11.1 Å². The second kappa shape index (κ2) is 8.33. The molecule has 1 N–H and O–H groups in total. The van der Waals surface area contributed by atoms with Crippen molar-refractivity contribution in [1.82, 2.24) is 19.8 Å². The van der Waals surface area contributed by atoms with Crippen LogP contribution in [0.15, 0.2) is 30.6 Å². The van der Waals surface area contributed by atoms with Crippen molar-refractivity contribution < 1.29 is 18.4 Å². The molecule has 4 rings (SSSR count). The average Bonchev–Trinajstić information content (AvgIpc) is 3.06. The van der Waals surface area contributed by atoms with E-state index in [1.54, 1.807) is 11.9 Å². The van der Waals surface area contributed by atoms with Gasteiger partial charge in [0, 0.05) is 56.1 Å². The van der Waals surface area contributed by atoms with E-state index in [0.717, 1.165) is 32.0 Å². The maximum Gasteiger partial charge on any atom is 0.320 e. The van der Waals surface area contributed by atoms with E-state index in [9.17, 15) is 18.4 Å². The minimum atomic E-state index is -0.680. The number of hydrogen-bond donors (Lipinski definition) is 1. The van der Waals surface area contributed by atoms with Crippen LogP contribution in [-0.4, -0.2) is 57.9 Å². The van der Waals surface area contributed by atoms with Crippen molar-refractivity contribution in [3.8, 4) is 11.1 Å². The molecule has 2 aromatic rings. The minimum absolute atomic E-state index is 0.0644. The molecule has 3 amide bonds. The summed E-state index contributed by atoms with van der Waals surface area (Å²) in [6.07, 6.45) is 5.83. The number of rotatable bonds is 4. The Bertz CT molecular complexity index is 925. The molecule has 1 saturated carbocycles. The number of amides is 3. The fourth-order valence-electron chi connectivity index (χ4n) is 4.13. The van der Waals surface area contributed by atoms with Gasteiger partial charge in [-0.05, 0) is 43.4 Å². The first-order chi connectivity index (χ1) is 14.4. The number of anilines is 1. The van der Waals surface area contributed by atoms with Gasteiger partial charge >= 0.3 is 6.03 Å². The Hall–Kier alpha value is -3.10. The Kier molecular flexibility index (Phi) is 5.61. The number of hydrogen-bond acceptors (Lipinski definition) is 4. The maximum absolute atomic E-state index is 13.4. The maximum atomic E-state index is 13.4. The average molecular weight is 415 g/mol. The van der Waals surface area contributed by atoms with Gasteiger partial charge in [-0.25, -0.2) is 23.5 Å². The van der Waals surface area contributed by atoms with Gasteiger partial charge in [0.15, 0.2) is 0 Å². The van der Waals surface area contributed by atoms with E-state index >= 15 is 0 Å². The number of carbonyl (C=O) groups excluding carboxylic acids is 2. The fourth-order valence-corrected chi connectivity index (χ4v) is 4.13. The van der Waals surface area contributed by atoms with Crippen molar-refractivity contribution in [3.05, 3.63) is 42.2 Å². The van der Waals surface area contributed by atoms with Crippen LogP contribution < -0.4 is 5.32 Å². The van der Waals surface area contributed by atoms with Gasteiger partial charge in [0.2, 0.25) is 11.9 Å². The molecule has 2 aliphatic rings. The molecule has 7 nitrogen and oxygen atoms in total. The summed E-state index contributed by atoms with van der Waals surface area (Å²) in [5, 5.41) is 2.72. The molecule has 0 atom stereocenters. The molecule has 2 fully saturated rings. The van der Waals surface area contributed by atoms with E-state index in [2.05, 4.69) is 15.3 Å². The number of benzene rings is 1. The van der Waals surface area contributed by atoms with Crippen LogP contribution in [0.4, 0.5) is 19.5 Å². The molecular weight excluding hydrogens is 392 g/mol. The summed E-state index contributed by atoms with van der Waals surface area (Å²) in [5.41, 5.74) is 0.776. The van der Waals surface area contributed by atoms with Gasteiger partial charge in [-0.3, -0.25) is 10.1 Å². The number of nitrogens with zero attached hydrogens (tertiary/aromatic N) is 4. The zero-order valence-electron chi connectivity index (χ0n) is 16.6. The van der Waals surface area contributed by atoms with E-state index in [-0.39, 0.29) is 29.8 Å². The van der Waals surface area contributed by atoms with Crippen LogP contribution >= 0.6 is 0 Å². The standard InChI is InChI=1S/C21H23F2N5O2/c1-27-6-7-28(21(27)30)18-4-2-13(3-5-18)19(29)26-20-24-11-15(12-25-20)14-8-16(22)10-17(23)9-14/h8-13,18H,2-7H2,1H3,(H,24,25,26,29). The molecule has 2 heterocycles. The third-order valence-electron chi connectivity index (χ3n) is 5.84. The van der Waals surface area contributed by atoms with Crippen LogP contribution in [-0.2, 0) is 4.79 Å². The SMILES string of the molecule is CN1CCN(C2CCC(C(=O)Nc3ncc(-c4cc(F)cc(F)c4)cn3)CC2)C1=O. The quantitative estimate of drug-likeness (QED) is 0.831. The highest BCUT2D eigenvalue weighted by atomic mass is 19.1. The molecule has 1 aromatic heterocycles. The molecular formula is C21H23F2N5O2. The molecule has 30 heavy (non-hydrogen) atoms. The largest absolute Gasteiger partial charge is 0.326 e. The fraction of sp³-hybridized carbons (Fsp3) is 0.429. The number of halogens is 2. The molecule has 1 aliphatic heterocycles. The lowest BCUT2D eigenvalue weighted by Gasteiger charge is -2.33. The summed E-state index contributed by atoms with van der Waals surface area (Å²) in [5.74, 6) is -1.51. The lowest BCUT2D eigenvalue weighted by atomic mass is 9.85. The van der Waals surface area contributed by atoms with Crippen molar-refractivity contribution >= 4 is 17.9 Å². The Labute approximate surface area is 173 Å². The summed E-state index contributed by atoms with van der Waals surface area (Å²) in [7, 11) is 1.80. The first kappa shape index (κ1) is 20.2. The van der Waals surface area contributed by atoms with E-state index < -0.39 is 11.6 Å². The molecule has 9 heteroatoms. The van der Waals surface area contributed by atoms with Crippen LogP contribution in [0.3, 0.4) is 0 Å². The summed E-state index contributed by atoms with van der Waals surface area (Å²) in [6.45, 7) is 1.49. The molecule has 1 saturated heterocycles. The molecule has 158 valence electrons. The van der Waals surface area contributed by atoms with Crippen molar-refractivity contribution in [2.75, 3.05) is 25.5 Å². The zero-order valence-corrected chi connectivity index (χ0v) is 16.6. The summed E-state index contributed by atoms with van der Waals surface area (Å²) in [4.78, 5) is 36.5. The van der Waals surface area contributed by atoms with Gasteiger partial charge in [-0.2, -0.15) is 0 Å². The van der Waals surface area contributed by atoms with Gasteiger partial charge in [0.25, 0.3) is 0 Å². The first-order valence-electron chi connectivity index (χ1n) is 10.0. The third kappa shape index (κ3) is 4.24. The predicted molar refractivity (Wildman–Crippen MR) is 106 cm³/mol. The molecule has 0 radical (unpaired) electrons. The number of nitrogens with one attached hydrogen (secondary N) is 1. The molecule has 0 unspecified atom stereocenters. The van der Waals surface area contributed by atoms with Crippen LogP contribution in [0.1, 0.15) is 25.7 Å². The predicted octanol–water partition coefficient (Wildman–Crippen LogP) is 3.29. The van der Waals surface area contributed by atoms with Gasteiger partial charge in [0.05, 0.1) is 0 Å². The number of urea groups is 1. The molecule has 1 aliphatic carbocycles. The van der Waals surface area contributed by atoms with Gasteiger partial charge in [0.1, 0.15) is 11.6 Å². The Morgan fingerprint density at radius 3 is 2.20 bits per heavy atom. The van der Waals surface area contributed by atoms with E-state index in [1.165, 1.54) is 24.5 Å². The topological polar surface area (TPSA) is 78.4 Å². The summed E-state index contributed by atoms with van der Waals surface area (Å²) in [6, 6.07) is 3.44. The van der Waals surface area contributed by atoms with Gasteiger partial charge in [-0.1, -0.05) is 0 Å². The summed E-state index contributed by atoms with van der Waals surface area (Å²) >= 11 is 0. The van der Waals surface area contributed by atoms with Gasteiger partial charge < -0.3 is 9.80 Å². The minimum Gasteiger partial charge on any atom is -0.326 e. The number of carbonyl (C=O) groups is 2. The Morgan fingerprint density at radius 2 is 1.63 bits per heavy atom. The second-order valence-corrected chi connectivity index (χ2v) is 7.85. The highest BCUT2D eigenvalue weighted by Gasteiger charge is 2.35. The Morgan fingerprint density at radius 1 is 1.00 bits per heavy atom. The van der Waals surface area contributed by atoms with Crippen molar-refractivity contribution in [3.63, 3.8) is 0 Å². The van der Waals surface area contributed by atoms with Crippen molar-refractivity contribution in [2.24, 2.45) is 5.92 Å². The lowest BCUT2D eigenvalue weighted by molar-refractivity contribution is -0.121. The first-order valence-corrected chi connectivity index (χ1v) is 10.0. The third-order valence-corrected chi connectivity index (χ3v) is 5.84. The number of likely N-dealkylation sites (N-methyl/N-ethyl adjacent to an activating group) is 1. The second-order valence-electron chi connectivity index (χ2n) is 7.85. The molecule has 1 aromatic carbocycles. The Balaban J connectivity index is 1.33. The van der Waals surface area contributed by atoms with Crippen molar-refractivity contribution in [2.45, 2.75) is 31.7 Å². The summed E-state index contributed by atoms with van der Waals surface area (Å²) < 4.78 is 26.8. The van der Waals surface area contributed by atoms with Crippen LogP contribution in [0.5, 0.6) is 0 Å². The smallest absolute Gasteiger partial charge is 0.320 e. The highest BCUT2D eigenvalue weighted by Crippen LogP contribution is 2.30. The van der Waals surface area contributed by atoms with E-state index in [1.807, 2.05) is 4.90 Å². The van der Waals surface area contributed by atoms with Crippen LogP contribution in [0, 0.1) is 17.6 Å².